The third-order valence-electron chi connectivity index (χ3n) is 2.85. The summed E-state index contributed by atoms with van der Waals surface area (Å²) < 4.78 is 2.83. The predicted octanol–water partition coefficient (Wildman–Crippen LogP) is 7.16. The predicted molar refractivity (Wildman–Crippen MR) is 192 cm³/mol. The fourth-order valence-electron chi connectivity index (χ4n) is 0. The summed E-state index contributed by atoms with van der Waals surface area (Å²) in [5.41, 5.74) is 0.0833. The van der Waals surface area contributed by atoms with Crippen LogP contribution in [0.2, 0.25) is 0 Å². The maximum absolute atomic E-state index is 8.52. The van der Waals surface area contributed by atoms with Gasteiger partial charge in [-0.1, -0.05) is 125 Å². The summed E-state index contributed by atoms with van der Waals surface area (Å²) in [5.74, 6) is 0. The van der Waals surface area contributed by atoms with E-state index in [0.29, 0.717) is 0 Å². The summed E-state index contributed by atoms with van der Waals surface area (Å²) in [5, 5.41) is 58.9. The second-order valence-corrected chi connectivity index (χ2v) is 20.2. The van der Waals surface area contributed by atoms with E-state index < -0.39 is 5.60 Å². The van der Waals surface area contributed by atoms with Crippen LogP contribution in [0.3, 0.4) is 0 Å². The Hall–Kier alpha value is 0.967. The third-order valence-corrected chi connectivity index (χ3v) is 2.85. The molecule has 7 nitrogen and oxygen atoms in total. The van der Waals surface area contributed by atoms with Crippen LogP contribution in [0, 0.1) is 32.5 Å². The van der Waals surface area contributed by atoms with Gasteiger partial charge in [0, 0.05) is 60.7 Å². The molecule has 0 aliphatic heterocycles. The first-order chi connectivity index (χ1) is 18.8. The second-order valence-electron chi connectivity index (χ2n) is 18.7. The second kappa shape index (κ2) is 34.8. The van der Waals surface area contributed by atoms with Crippen molar-refractivity contribution in [2.75, 3.05) is 39.6 Å². The Morgan fingerprint density at radius 1 is 0.356 bits per heavy atom. The third kappa shape index (κ3) is 231. The number of hydrogen-bond acceptors (Lipinski definition) is 7. The van der Waals surface area contributed by atoms with Gasteiger partial charge in [-0.2, -0.15) is 0 Å². The molecule has 0 spiro atoms. The van der Waals surface area contributed by atoms with Crippen LogP contribution in [0.1, 0.15) is 152 Å². The minimum Gasteiger partial charge on any atom is 0 e. The smallest absolute Gasteiger partial charge is 0 e. The minimum absolute atomic E-state index is 0. The molecular weight excluding hydrogens is 912 g/mol. The first-order valence-corrected chi connectivity index (χ1v) is 16.9. The normalized spacial score (nSPS) is 11.2. The van der Waals surface area contributed by atoms with Gasteiger partial charge >= 0.3 is 30.7 Å². The fourth-order valence-corrected chi connectivity index (χ4v) is 0. The number of rotatable bonds is 0. The van der Waals surface area contributed by atoms with Crippen LogP contribution < -0.4 is 0 Å². The quantitative estimate of drug-likeness (QED) is 0.128. The van der Waals surface area contributed by atoms with Crippen molar-refractivity contribution in [1.29, 1.82) is 0 Å². The SMILES string of the molecule is CC(C)(C)CO.CC(C)(C)CO.CC(C)(C)CO.CC(C)(C)CO.CC(C)(C)CO.CC(C)(C)CO.CC(C)(C)O.C[C-]=[W].[W]. The average Bonchev–Trinajstić information content (AvgIpc) is 2.78. The first-order valence-electron chi connectivity index (χ1n) is 15.4. The van der Waals surface area contributed by atoms with Gasteiger partial charge in [-0.25, -0.2) is 0 Å². The number of hydrogen-bond donors (Lipinski definition) is 7. The summed E-state index contributed by atoms with van der Waals surface area (Å²) in [6.45, 7) is 44.6. The molecule has 0 aromatic rings. The van der Waals surface area contributed by atoms with Crippen molar-refractivity contribution >= 4 is 4.40 Å². The van der Waals surface area contributed by atoms with Gasteiger partial charge in [-0.05, 0) is 53.3 Å². The number of aliphatic hydroxyl groups excluding tert-OH is 6. The number of aliphatic hydroxyl groups is 7. The van der Waals surface area contributed by atoms with Crippen molar-refractivity contribution in [2.24, 2.45) is 32.5 Å². The molecule has 45 heavy (non-hydrogen) atoms. The Balaban J connectivity index is -0.0000000472. The van der Waals surface area contributed by atoms with Crippen LogP contribution in [0.15, 0.2) is 0 Å². The van der Waals surface area contributed by atoms with Gasteiger partial charge in [0.25, 0.3) is 0 Å². The van der Waals surface area contributed by atoms with E-state index in [0.717, 1.165) is 0 Å². The van der Waals surface area contributed by atoms with Crippen molar-refractivity contribution in [1.82, 2.24) is 0 Å². The Kier molecular flexibility index (Phi) is 52.6. The molecular formula is C36H85O7W2-. The van der Waals surface area contributed by atoms with Crippen molar-refractivity contribution < 1.29 is 76.2 Å². The minimum atomic E-state index is -0.500. The monoisotopic (exact) mass is 998 g/mol. The average molecular weight is 998 g/mol. The molecule has 0 aliphatic rings. The zero-order valence-corrected chi connectivity index (χ0v) is 40.1. The molecule has 0 saturated carbocycles. The maximum atomic E-state index is 8.52. The molecule has 0 radical (unpaired) electrons. The van der Waals surface area contributed by atoms with Crippen LogP contribution in [0.25, 0.3) is 0 Å². The Bertz CT molecular complexity index is 435. The van der Waals surface area contributed by atoms with Crippen LogP contribution in [-0.2, 0) is 40.4 Å². The summed E-state index contributed by atoms with van der Waals surface area (Å²) >= 11 is 1.42. The standard InChI is InChI=1S/6C5H12O.C4H10O.C2H3.2W/c6*1-5(2,3)4-6;1-4(2,3)5;1-2;;/h6*6H,4H2,1-3H3;5H,1-3H3;1H3;;/q;;;;;;;-1;;. The van der Waals surface area contributed by atoms with Crippen molar-refractivity contribution in [3.05, 3.63) is 0 Å². The molecule has 7 N–H and O–H groups in total. The first kappa shape index (κ1) is 68.0. The van der Waals surface area contributed by atoms with E-state index in [9.17, 15) is 0 Å². The van der Waals surface area contributed by atoms with E-state index in [-0.39, 0.29) is 93.2 Å². The van der Waals surface area contributed by atoms with Crippen LogP contribution in [0.4, 0.5) is 0 Å². The summed E-state index contributed by atoms with van der Waals surface area (Å²) in [6.07, 6.45) is 0. The molecule has 0 heterocycles. The summed E-state index contributed by atoms with van der Waals surface area (Å²) in [6, 6.07) is 0. The molecule has 0 bridgehead atoms. The van der Waals surface area contributed by atoms with Gasteiger partial charge in [0.05, 0.1) is 5.60 Å². The molecule has 284 valence electrons. The van der Waals surface area contributed by atoms with Crippen LogP contribution in [0.5, 0.6) is 0 Å². The molecule has 0 aliphatic carbocycles. The molecule has 0 atom stereocenters. The largest absolute Gasteiger partial charge is 0 e. The molecule has 0 unspecified atom stereocenters. The van der Waals surface area contributed by atoms with Gasteiger partial charge in [0.15, 0.2) is 0 Å². The molecule has 0 rings (SSSR count). The zero-order chi connectivity index (χ0) is 38.4. The van der Waals surface area contributed by atoms with Gasteiger partial charge in [-0.3, -0.25) is 0 Å². The Labute approximate surface area is 309 Å². The Morgan fingerprint density at radius 2 is 0.378 bits per heavy atom. The summed E-state index contributed by atoms with van der Waals surface area (Å²) in [7, 11) is 0. The van der Waals surface area contributed by atoms with Gasteiger partial charge < -0.3 is 35.7 Å². The molecule has 0 aromatic carbocycles. The van der Waals surface area contributed by atoms with E-state index in [4.69, 9.17) is 35.7 Å². The van der Waals surface area contributed by atoms with Crippen molar-refractivity contribution in [2.45, 2.75) is 158 Å². The Morgan fingerprint density at radius 3 is 0.378 bits per heavy atom. The zero-order valence-electron chi connectivity index (χ0n) is 34.2. The van der Waals surface area contributed by atoms with E-state index in [2.05, 4.69) is 4.40 Å². The fraction of sp³-hybridized carbons (Fsp3) is 0.972. The van der Waals surface area contributed by atoms with E-state index >= 15 is 0 Å². The molecule has 0 fully saturated rings. The summed E-state index contributed by atoms with van der Waals surface area (Å²) in [4.78, 5) is 0. The van der Waals surface area contributed by atoms with E-state index in [1.54, 1.807) is 20.8 Å². The van der Waals surface area contributed by atoms with Gasteiger partial charge in [0.2, 0.25) is 0 Å². The molecule has 0 amide bonds. The van der Waals surface area contributed by atoms with E-state index in [1.165, 1.54) is 19.4 Å². The van der Waals surface area contributed by atoms with Gasteiger partial charge in [-0.15, -0.1) is 0 Å². The van der Waals surface area contributed by atoms with Gasteiger partial charge in [0.1, 0.15) is 0 Å². The van der Waals surface area contributed by atoms with E-state index in [1.807, 2.05) is 132 Å². The maximum Gasteiger partial charge on any atom is 0 e. The molecule has 9 heteroatoms. The van der Waals surface area contributed by atoms with Crippen molar-refractivity contribution in [3.8, 4) is 0 Å². The van der Waals surface area contributed by atoms with Crippen LogP contribution >= 0.6 is 0 Å². The topological polar surface area (TPSA) is 142 Å². The molecule has 0 saturated heterocycles. The van der Waals surface area contributed by atoms with Crippen LogP contribution in [-0.4, -0.2) is 85.4 Å². The molecule has 0 aromatic heterocycles. The van der Waals surface area contributed by atoms with Crippen molar-refractivity contribution in [3.63, 3.8) is 0 Å².